The van der Waals surface area contributed by atoms with Crippen molar-refractivity contribution in [1.29, 1.82) is 0 Å². The lowest BCUT2D eigenvalue weighted by Crippen LogP contribution is -2.30. The van der Waals surface area contributed by atoms with Crippen molar-refractivity contribution in [2.75, 3.05) is 18.5 Å². The summed E-state index contributed by atoms with van der Waals surface area (Å²) in [5.74, 6) is -0.511. The van der Waals surface area contributed by atoms with E-state index >= 15 is 0 Å². The van der Waals surface area contributed by atoms with E-state index in [1.807, 2.05) is 13.8 Å². The van der Waals surface area contributed by atoms with Crippen LogP contribution in [-0.2, 0) is 9.53 Å². The minimum Gasteiger partial charge on any atom is -0.490 e. The molecule has 2 rings (SSSR count). The van der Waals surface area contributed by atoms with Crippen molar-refractivity contribution in [2.45, 2.75) is 33.3 Å². The fraction of sp³-hybridized carbons (Fsp3) is 0.333. The smallest absolute Gasteiger partial charge is 0.339 e. The fourth-order valence-corrected chi connectivity index (χ4v) is 2.49. The molecule has 1 N–H and O–H groups in total. The van der Waals surface area contributed by atoms with Gasteiger partial charge in [-0.1, -0.05) is 19.1 Å². The second kappa shape index (κ2) is 10.8. The lowest BCUT2D eigenvalue weighted by molar-refractivity contribution is -0.383. The maximum absolute atomic E-state index is 12.5. The van der Waals surface area contributed by atoms with E-state index in [0.717, 1.165) is 6.42 Å². The summed E-state index contributed by atoms with van der Waals surface area (Å²) >= 11 is 0. The zero-order chi connectivity index (χ0) is 22.1. The molecule has 0 aromatic heterocycles. The molecule has 0 heterocycles. The SMILES string of the molecule is CCCOc1ccc(C(=O)O[C@@H](C)C(=O)Nc2ccccc2[N+](=O)[O-])cc1OCC. The van der Waals surface area contributed by atoms with Gasteiger partial charge in [0.15, 0.2) is 17.6 Å². The Morgan fingerprint density at radius 3 is 2.50 bits per heavy atom. The number of nitrogens with one attached hydrogen (secondary N) is 1. The molecule has 30 heavy (non-hydrogen) atoms. The minimum absolute atomic E-state index is 0.0199. The van der Waals surface area contributed by atoms with Crippen LogP contribution >= 0.6 is 0 Å². The lowest BCUT2D eigenvalue weighted by Gasteiger charge is -2.15. The molecular weight excluding hydrogens is 392 g/mol. The van der Waals surface area contributed by atoms with Crippen molar-refractivity contribution >= 4 is 23.3 Å². The Kier molecular flexibility index (Phi) is 8.16. The van der Waals surface area contributed by atoms with E-state index in [0.29, 0.717) is 24.7 Å². The number of nitro groups is 1. The summed E-state index contributed by atoms with van der Waals surface area (Å²) in [6.07, 6.45) is -0.356. The first-order valence-electron chi connectivity index (χ1n) is 9.52. The van der Waals surface area contributed by atoms with Crippen LogP contribution in [0.1, 0.15) is 37.6 Å². The number of amides is 1. The van der Waals surface area contributed by atoms with Gasteiger partial charge in [0.05, 0.1) is 23.7 Å². The Hall–Kier alpha value is -3.62. The number of nitro benzene ring substituents is 1. The molecule has 2 aromatic rings. The van der Waals surface area contributed by atoms with E-state index in [2.05, 4.69) is 5.32 Å². The van der Waals surface area contributed by atoms with Gasteiger partial charge in [-0.3, -0.25) is 14.9 Å². The number of rotatable bonds is 10. The molecule has 160 valence electrons. The normalized spacial score (nSPS) is 11.3. The van der Waals surface area contributed by atoms with Crippen LogP contribution in [0.15, 0.2) is 42.5 Å². The van der Waals surface area contributed by atoms with Crippen LogP contribution in [0, 0.1) is 10.1 Å². The topological polar surface area (TPSA) is 117 Å². The number of benzene rings is 2. The Balaban J connectivity index is 2.08. The lowest BCUT2D eigenvalue weighted by atomic mass is 10.2. The average Bonchev–Trinajstić information content (AvgIpc) is 2.73. The van der Waals surface area contributed by atoms with Gasteiger partial charge in [0, 0.05) is 6.07 Å². The number of anilines is 1. The number of carbonyl (C=O) groups is 2. The molecule has 0 aliphatic heterocycles. The van der Waals surface area contributed by atoms with E-state index in [4.69, 9.17) is 14.2 Å². The van der Waals surface area contributed by atoms with Crippen LogP contribution in [0.4, 0.5) is 11.4 Å². The molecule has 0 saturated carbocycles. The zero-order valence-corrected chi connectivity index (χ0v) is 17.0. The number of hydrogen-bond acceptors (Lipinski definition) is 7. The Morgan fingerprint density at radius 1 is 1.10 bits per heavy atom. The summed E-state index contributed by atoms with van der Waals surface area (Å²) in [6, 6.07) is 10.3. The van der Waals surface area contributed by atoms with E-state index in [1.54, 1.807) is 12.1 Å². The van der Waals surface area contributed by atoms with Gasteiger partial charge in [0.1, 0.15) is 5.69 Å². The van der Waals surface area contributed by atoms with Gasteiger partial charge in [-0.2, -0.15) is 0 Å². The van der Waals surface area contributed by atoms with Crippen LogP contribution in [0.5, 0.6) is 11.5 Å². The minimum atomic E-state index is -1.18. The number of nitrogens with zero attached hydrogens (tertiary/aromatic N) is 1. The van der Waals surface area contributed by atoms with Crippen molar-refractivity contribution in [3.8, 4) is 11.5 Å². The molecular formula is C21H24N2O7. The molecule has 2 aromatic carbocycles. The monoisotopic (exact) mass is 416 g/mol. The first-order valence-corrected chi connectivity index (χ1v) is 9.52. The first-order chi connectivity index (χ1) is 14.4. The number of hydrogen-bond donors (Lipinski definition) is 1. The number of ether oxygens (including phenoxy) is 3. The van der Waals surface area contributed by atoms with Crippen molar-refractivity contribution in [3.05, 3.63) is 58.1 Å². The van der Waals surface area contributed by atoms with E-state index in [-0.39, 0.29) is 16.9 Å². The highest BCUT2D eigenvalue weighted by Crippen LogP contribution is 2.29. The molecule has 0 saturated heterocycles. The van der Waals surface area contributed by atoms with Crippen LogP contribution in [0.25, 0.3) is 0 Å². The van der Waals surface area contributed by atoms with Gasteiger partial charge in [-0.05, 0) is 44.5 Å². The van der Waals surface area contributed by atoms with Crippen LogP contribution in [0.3, 0.4) is 0 Å². The van der Waals surface area contributed by atoms with Gasteiger partial charge >= 0.3 is 5.97 Å². The second-order valence-electron chi connectivity index (χ2n) is 6.25. The molecule has 0 spiro atoms. The van der Waals surface area contributed by atoms with Crippen LogP contribution in [-0.4, -0.2) is 36.1 Å². The summed E-state index contributed by atoms with van der Waals surface area (Å²) in [5.41, 5.74) is -0.0486. The molecule has 0 bridgehead atoms. The molecule has 0 aliphatic carbocycles. The molecule has 9 nitrogen and oxygen atoms in total. The van der Waals surface area contributed by atoms with E-state index in [1.165, 1.54) is 37.3 Å². The van der Waals surface area contributed by atoms with Crippen molar-refractivity contribution in [1.82, 2.24) is 0 Å². The molecule has 0 radical (unpaired) electrons. The molecule has 0 unspecified atom stereocenters. The highest BCUT2D eigenvalue weighted by atomic mass is 16.6. The van der Waals surface area contributed by atoms with Gasteiger partial charge in [0.25, 0.3) is 11.6 Å². The third kappa shape index (κ3) is 5.94. The summed E-state index contributed by atoms with van der Waals surface area (Å²) in [7, 11) is 0. The van der Waals surface area contributed by atoms with E-state index in [9.17, 15) is 19.7 Å². The number of para-hydroxylation sites is 2. The Morgan fingerprint density at radius 2 is 1.83 bits per heavy atom. The molecule has 1 amide bonds. The third-order valence-corrected chi connectivity index (χ3v) is 3.95. The van der Waals surface area contributed by atoms with Crippen molar-refractivity contribution in [3.63, 3.8) is 0 Å². The first kappa shape index (κ1) is 22.7. The molecule has 9 heteroatoms. The largest absolute Gasteiger partial charge is 0.490 e. The number of esters is 1. The average molecular weight is 416 g/mol. The summed E-state index contributed by atoms with van der Waals surface area (Å²) in [6.45, 7) is 6.05. The Labute approximate surface area is 174 Å². The number of carbonyl (C=O) groups excluding carboxylic acids is 2. The van der Waals surface area contributed by atoms with Gasteiger partial charge in [-0.25, -0.2) is 4.79 Å². The van der Waals surface area contributed by atoms with E-state index < -0.39 is 22.9 Å². The standard InChI is InChI=1S/C21H24N2O7/c1-4-12-29-18-11-10-15(13-19(18)28-5-2)21(25)30-14(3)20(24)22-16-8-6-7-9-17(16)23(26)27/h6-11,13-14H,4-5,12H2,1-3H3,(H,22,24)/t14-/m0/s1. The maximum Gasteiger partial charge on any atom is 0.339 e. The predicted octanol–water partition coefficient (Wildman–Crippen LogP) is 3.97. The highest BCUT2D eigenvalue weighted by molar-refractivity contribution is 5.98. The quantitative estimate of drug-likeness (QED) is 0.354. The summed E-state index contributed by atoms with van der Waals surface area (Å²) in [4.78, 5) is 35.3. The van der Waals surface area contributed by atoms with Crippen molar-refractivity contribution in [2.24, 2.45) is 0 Å². The Bertz CT molecular complexity index is 914. The van der Waals surface area contributed by atoms with Crippen LogP contribution < -0.4 is 14.8 Å². The third-order valence-electron chi connectivity index (χ3n) is 3.95. The maximum atomic E-state index is 12.5. The van der Waals surface area contributed by atoms with Gasteiger partial charge in [0.2, 0.25) is 0 Å². The zero-order valence-electron chi connectivity index (χ0n) is 17.0. The fourth-order valence-electron chi connectivity index (χ4n) is 2.49. The molecule has 0 fully saturated rings. The highest BCUT2D eigenvalue weighted by Gasteiger charge is 2.23. The van der Waals surface area contributed by atoms with Crippen molar-refractivity contribution < 1.29 is 28.7 Å². The second-order valence-corrected chi connectivity index (χ2v) is 6.25. The molecule has 1 atom stereocenters. The van der Waals surface area contributed by atoms with Gasteiger partial charge in [-0.15, -0.1) is 0 Å². The predicted molar refractivity (Wildman–Crippen MR) is 110 cm³/mol. The van der Waals surface area contributed by atoms with Crippen LogP contribution in [0.2, 0.25) is 0 Å². The summed E-state index contributed by atoms with van der Waals surface area (Å²) < 4.78 is 16.3. The molecule has 0 aliphatic rings. The summed E-state index contributed by atoms with van der Waals surface area (Å²) in [5, 5.41) is 13.5. The van der Waals surface area contributed by atoms with Gasteiger partial charge < -0.3 is 19.5 Å².